The minimum absolute atomic E-state index is 0.0349. The number of nitrogens with zero attached hydrogens (tertiary/aromatic N) is 2. The number of carbonyl (C=O) groups excluding carboxylic acids is 1. The number of esters is 1. The Kier molecular flexibility index (Phi) is 7.21. The number of benzene rings is 1. The van der Waals surface area contributed by atoms with E-state index in [9.17, 15) is 13.2 Å². The fourth-order valence-corrected chi connectivity index (χ4v) is 4.46. The van der Waals surface area contributed by atoms with Crippen LogP contribution in [0.15, 0.2) is 39.8 Å². The lowest BCUT2D eigenvalue weighted by Crippen LogP contribution is -2.33. The summed E-state index contributed by atoms with van der Waals surface area (Å²) in [6, 6.07) is 7.04. The fourth-order valence-electron chi connectivity index (χ4n) is 2.55. The van der Waals surface area contributed by atoms with Gasteiger partial charge in [-0.05, 0) is 30.2 Å². The van der Waals surface area contributed by atoms with Crippen LogP contribution in [-0.4, -0.2) is 50.6 Å². The summed E-state index contributed by atoms with van der Waals surface area (Å²) in [6.07, 6.45) is 1.41. The van der Waals surface area contributed by atoms with Gasteiger partial charge in [0.1, 0.15) is 10.6 Å². The van der Waals surface area contributed by atoms with Crippen LogP contribution >= 0.6 is 15.9 Å². The number of sulfonamides is 1. The molecule has 0 aliphatic carbocycles. The van der Waals surface area contributed by atoms with E-state index in [-0.39, 0.29) is 30.3 Å². The first-order valence-corrected chi connectivity index (χ1v) is 10.4. The molecule has 1 aromatic carbocycles. The summed E-state index contributed by atoms with van der Waals surface area (Å²) in [7, 11) is 0.543. The molecule has 1 heterocycles. The molecule has 0 aliphatic heterocycles. The largest absolute Gasteiger partial charge is 0.464 e. The molecule has 0 radical (unpaired) electrons. The highest BCUT2D eigenvalue weighted by atomic mass is 79.9. The molecule has 0 N–H and O–H groups in total. The lowest BCUT2D eigenvalue weighted by molar-refractivity contribution is 0.0590. The van der Waals surface area contributed by atoms with Crippen molar-refractivity contribution in [1.82, 2.24) is 8.87 Å². The third-order valence-electron chi connectivity index (χ3n) is 4.15. The highest BCUT2D eigenvalue weighted by Gasteiger charge is 2.28. The van der Waals surface area contributed by atoms with Crippen molar-refractivity contribution in [2.24, 2.45) is 7.05 Å². The number of halogens is 1. The van der Waals surface area contributed by atoms with Gasteiger partial charge >= 0.3 is 5.97 Å². The fraction of sp³-hybridized carbons (Fsp3) is 0.389. The van der Waals surface area contributed by atoms with Gasteiger partial charge in [-0.15, -0.1) is 0 Å². The molecular formula is C18H23BrN2O5S. The van der Waals surface area contributed by atoms with Crippen molar-refractivity contribution in [2.75, 3.05) is 27.4 Å². The van der Waals surface area contributed by atoms with E-state index in [1.807, 2.05) is 25.1 Å². The average Bonchev–Trinajstić information content (AvgIpc) is 3.03. The van der Waals surface area contributed by atoms with E-state index in [0.29, 0.717) is 0 Å². The van der Waals surface area contributed by atoms with Crippen LogP contribution in [0.25, 0.3) is 0 Å². The maximum atomic E-state index is 13.2. The van der Waals surface area contributed by atoms with Gasteiger partial charge in [-0.2, -0.15) is 4.31 Å². The van der Waals surface area contributed by atoms with Crippen molar-refractivity contribution in [3.05, 3.63) is 51.8 Å². The Morgan fingerprint density at radius 2 is 1.96 bits per heavy atom. The third kappa shape index (κ3) is 4.98. The number of carbonyl (C=O) groups is 1. The van der Waals surface area contributed by atoms with Gasteiger partial charge in [-0.25, -0.2) is 13.2 Å². The molecule has 0 bridgehead atoms. The second-order valence-corrected chi connectivity index (χ2v) is 8.87. The summed E-state index contributed by atoms with van der Waals surface area (Å²) in [5, 5.41) is 0. The SMILES string of the molecule is COCCN(Cc1ccc(C)c(Br)c1)S(=O)(=O)c1cc(C(=O)OC)n(C)c1. The monoisotopic (exact) mass is 458 g/mol. The van der Waals surface area contributed by atoms with Gasteiger partial charge in [0.15, 0.2) is 0 Å². The van der Waals surface area contributed by atoms with Crippen LogP contribution in [0.1, 0.15) is 21.6 Å². The molecule has 9 heteroatoms. The van der Waals surface area contributed by atoms with Gasteiger partial charge < -0.3 is 14.0 Å². The summed E-state index contributed by atoms with van der Waals surface area (Å²) in [4.78, 5) is 11.8. The number of methoxy groups -OCH3 is 2. The normalized spacial score (nSPS) is 11.8. The number of ether oxygens (including phenoxy) is 2. The van der Waals surface area contributed by atoms with Gasteiger partial charge in [0.05, 0.1) is 13.7 Å². The molecule has 2 rings (SSSR count). The van der Waals surface area contributed by atoms with E-state index in [4.69, 9.17) is 9.47 Å². The van der Waals surface area contributed by atoms with Gasteiger partial charge in [0.25, 0.3) is 0 Å². The van der Waals surface area contributed by atoms with Gasteiger partial charge in [0, 0.05) is 37.9 Å². The number of rotatable bonds is 8. The zero-order chi connectivity index (χ0) is 20.2. The summed E-state index contributed by atoms with van der Waals surface area (Å²) >= 11 is 3.47. The van der Waals surface area contributed by atoms with Crippen molar-refractivity contribution in [3.63, 3.8) is 0 Å². The van der Waals surface area contributed by atoms with Crippen LogP contribution in [0.5, 0.6) is 0 Å². The first-order chi connectivity index (χ1) is 12.7. The molecule has 2 aromatic rings. The van der Waals surface area contributed by atoms with E-state index in [2.05, 4.69) is 15.9 Å². The third-order valence-corrected chi connectivity index (χ3v) is 6.82. The zero-order valence-corrected chi connectivity index (χ0v) is 18.1. The van der Waals surface area contributed by atoms with E-state index in [1.165, 1.54) is 35.4 Å². The minimum Gasteiger partial charge on any atom is -0.464 e. The van der Waals surface area contributed by atoms with Gasteiger partial charge in [-0.1, -0.05) is 28.1 Å². The molecule has 0 saturated heterocycles. The van der Waals surface area contributed by atoms with Crippen molar-refractivity contribution < 1.29 is 22.7 Å². The number of hydrogen-bond acceptors (Lipinski definition) is 5. The van der Waals surface area contributed by atoms with Crippen molar-refractivity contribution in [3.8, 4) is 0 Å². The lowest BCUT2D eigenvalue weighted by atomic mass is 10.1. The molecule has 0 unspecified atom stereocenters. The molecule has 0 aliphatic rings. The molecule has 0 saturated carbocycles. The lowest BCUT2D eigenvalue weighted by Gasteiger charge is -2.21. The topological polar surface area (TPSA) is 77.8 Å². The minimum atomic E-state index is -3.83. The predicted molar refractivity (Wildman–Crippen MR) is 105 cm³/mol. The molecule has 0 amide bonds. The summed E-state index contributed by atoms with van der Waals surface area (Å²) in [5.74, 6) is -0.593. The average molecular weight is 459 g/mol. The Labute approximate surface area is 168 Å². The van der Waals surface area contributed by atoms with Crippen LogP contribution in [0.4, 0.5) is 0 Å². The molecule has 0 fully saturated rings. The number of aromatic nitrogens is 1. The Morgan fingerprint density at radius 1 is 1.26 bits per heavy atom. The molecule has 148 valence electrons. The molecular weight excluding hydrogens is 436 g/mol. The Morgan fingerprint density at radius 3 is 2.56 bits per heavy atom. The molecule has 7 nitrogen and oxygen atoms in total. The van der Waals surface area contributed by atoms with Crippen molar-refractivity contribution in [1.29, 1.82) is 0 Å². The molecule has 1 aromatic heterocycles. The first kappa shape index (κ1) is 21.6. The van der Waals surface area contributed by atoms with Crippen LogP contribution in [0.3, 0.4) is 0 Å². The van der Waals surface area contributed by atoms with E-state index >= 15 is 0 Å². The van der Waals surface area contributed by atoms with Gasteiger partial charge in [0.2, 0.25) is 10.0 Å². The van der Waals surface area contributed by atoms with E-state index in [0.717, 1.165) is 15.6 Å². The second-order valence-electron chi connectivity index (χ2n) is 6.08. The van der Waals surface area contributed by atoms with Crippen molar-refractivity contribution >= 4 is 31.9 Å². The maximum Gasteiger partial charge on any atom is 0.354 e. The van der Waals surface area contributed by atoms with Crippen molar-refractivity contribution in [2.45, 2.75) is 18.4 Å². The summed E-state index contributed by atoms with van der Waals surface area (Å²) < 4.78 is 39.8. The zero-order valence-electron chi connectivity index (χ0n) is 15.7. The molecule has 0 spiro atoms. The Bertz CT molecular complexity index is 924. The Balaban J connectivity index is 2.38. The first-order valence-electron chi connectivity index (χ1n) is 8.19. The van der Waals surface area contributed by atoms with E-state index < -0.39 is 16.0 Å². The van der Waals surface area contributed by atoms with Crippen LogP contribution in [0.2, 0.25) is 0 Å². The number of aryl methyl sites for hydroxylation is 2. The second kappa shape index (κ2) is 9.01. The van der Waals surface area contributed by atoms with Crippen LogP contribution in [0, 0.1) is 6.92 Å². The quantitative estimate of drug-likeness (QED) is 0.568. The van der Waals surface area contributed by atoms with Crippen LogP contribution in [-0.2, 0) is 33.1 Å². The summed E-state index contributed by atoms with van der Waals surface area (Å²) in [6.45, 7) is 2.59. The highest BCUT2D eigenvalue weighted by molar-refractivity contribution is 9.10. The number of hydrogen-bond donors (Lipinski definition) is 0. The molecule has 27 heavy (non-hydrogen) atoms. The Hall–Kier alpha value is -1.68. The van der Waals surface area contributed by atoms with Crippen LogP contribution < -0.4 is 0 Å². The van der Waals surface area contributed by atoms with Gasteiger partial charge in [-0.3, -0.25) is 0 Å². The summed E-state index contributed by atoms with van der Waals surface area (Å²) in [5.41, 5.74) is 2.08. The highest BCUT2D eigenvalue weighted by Crippen LogP contribution is 2.23. The predicted octanol–water partition coefficient (Wildman–Crippen LogP) is 2.72. The maximum absolute atomic E-state index is 13.2. The smallest absolute Gasteiger partial charge is 0.354 e. The standard InChI is InChI=1S/C18H23BrN2O5S/c1-13-5-6-14(9-16(13)19)11-21(7-8-25-3)27(23,24)15-10-17(18(22)26-4)20(2)12-15/h5-6,9-10,12H,7-8,11H2,1-4H3. The molecule has 0 atom stereocenters. The van der Waals surface area contributed by atoms with E-state index in [1.54, 1.807) is 7.05 Å².